The van der Waals surface area contributed by atoms with E-state index in [4.69, 9.17) is 15.9 Å². The predicted octanol–water partition coefficient (Wildman–Crippen LogP) is 3.42. The number of alkyl carbamates (subject to hydrolysis) is 1. The van der Waals surface area contributed by atoms with E-state index < -0.39 is 18.1 Å². The highest BCUT2D eigenvalue weighted by Crippen LogP contribution is 2.08. The summed E-state index contributed by atoms with van der Waals surface area (Å²) in [6.07, 6.45) is 6.55. The van der Waals surface area contributed by atoms with Crippen molar-refractivity contribution in [2.45, 2.75) is 38.5 Å². The summed E-state index contributed by atoms with van der Waals surface area (Å²) < 4.78 is 10.6. The molecule has 0 fully saturated rings. The molecule has 0 saturated heterocycles. The molecule has 1 amide bonds. The van der Waals surface area contributed by atoms with E-state index in [0.717, 1.165) is 30.5 Å². The van der Waals surface area contributed by atoms with Crippen LogP contribution in [-0.2, 0) is 27.5 Å². The van der Waals surface area contributed by atoms with Crippen molar-refractivity contribution in [3.8, 4) is 12.3 Å². The van der Waals surface area contributed by atoms with E-state index in [1.165, 1.54) is 0 Å². The van der Waals surface area contributed by atoms with Gasteiger partial charge >= 0.3 is 12.1 Å². The minimum absolute atomic E-state index is 0.133. The number of hydrogen-bond acceptors (Lipinski definition) is 5. The molecule has 30 heavy (non-hydrogen) atoms. The van der Waals surface area contributed by atoms with Crippen LogP contribution in [0.25, 0.3) is 0 Å². The van der Waals surface area contributed by atoms with E-state index in [1.54, 1.807) is 0 Å². The van der Waals surface area contributed by atoms with Gasteiger partial charge in [0.2, 0.25) is 0 Å². The van der Waals surface area contributed by atoms with Crippen molar-refractivity contribution < 1.29 is 19.1 Å². The van der Waals surface area contributed by atoms with Crippen LogP contribution in [0.4, 0.5) is 4.79 Å². The maximum Gasteiger partial charge on any atom is 0.408 e. The van der Waals surface area contributed by atoms with Gasteiger partial charge in [0.05, 0.1) is 6.54 Å². The SMILES string of the molecule is C#CCNCCCC[C@H](NC(=O)OCc1ccccc1)C(=O)OCc1ccccc1. The Labute approximate surface area is 178 Å². The molecule has 1 atom stereocenters. The van der Waals surface area contributed by atoms with Crippen molar-refractivity contribution in [3.05, 3.63) is 71.8 Å². The standard InChI is InChI=1S/C24H28N2O4/c1-2-16-25-17-10-9-15-22(23(27)29-18-20-11-5-3-6-12-20)26-24(28)30-19-21-13-7-4-8-14-21/h1,3-8,11-14,22,25H,9-10,15-19H2,(H,26,28)/t22-/m0/s1. The highest BCUT2D eigenvalue weighted by atomic mass is 16.6. The zero-order valence-corrected chi connectivity index (χ0v) is 17.0. The Morgan fingerprint density at radius 3 is 2.10 bits per heavy atom. The van der Waals surface area contributed by atoms with Gasteiger partial charge in [0.1, 0.15) is 19.3 Å². The van der Waals surface area contributed by atoms with Crippen molar-refractivity contribution in [2.75, 3.05) is 13.1 Å². The molecule has 0 aliphatic heterocycles. The summed E-state index contributed by atoms with van der Waals surface area (Å²) in [5, 5.41) is 5.74. The van der Waals surface area contributed by atoms with Crippen LogP contribution in [-0.4, -0.2) is 31.2 Å². The molecule has 0 radical (unpaired) electrons. The molecule has 0 unspecified atom stereocenters. The number of nitrogens with one attached hydrogen (secondary N) is 2. The van der Waals surface area contributed by atoms with Crippen LogP contribution in [0.1, 0.15) is 30.4 Å². The van der Waals surface area contributed by atoms with Crippen molar-refractivity contribution >= 4 is 12.1 Å². The van der Waals surface area contributed by atoms with Crippen LogP contribution in [0.3, 0.4) is 0 Å². The number of rotatable bonds is 12. The van der Waals surface area contributed by atoms with Gasteiger partial charge in [0.15, 0.2) is 0 Å². The second-order valence-corrected chi connectivity index (χ2v) is 6.73. The maximum absolute atomic E-state index is 12.6. The van der Waals surface area contributed by atoms with E-state index in [1.807, 2.05) is 60.7 Å². The van der Waals surface area contributed by atoms with Crippen LogP contribution in [0.15, 0.2) is 60.7 Å². The number of ether oxygens (including phenoxy) is 2. The first kappa shape index (κ1) is 23.0. The number of terminal acetylenes is 1. The quantitative estimate of drug-likeness (QED) is 0.320. The van der Waals surface area contributed by atoms with E-state index in [2.05, 4.69) is 16.6 Å². The molecular formula is C24H28N2O4. The molecule has 0 bridgehead atoms. The second kappa shape index (κ2) is 13.8. The van der Waals surface area contributed by atoms with Crippen LogP contribution in [0.2, 0.25) is 0 Å². The zero-order chi connectivity index (χ0) is 21.4. The molecule has 6 nitrogen and oxygen atoms in total. The number of hydrogen-bond donors (Lipinski definition) is 2. The van der Waals surface area contributed by atoms with Crippen molar-refractivity contribution in [1.82, 2.24) is 10.6 Å². The first-order valence-electron chi connectivity index (χ1n) is 10.0. The molecular weight excluding hydrogens is 380 g/mol. The van der Waals surface area contributed by atoms with E-state index in [-0.39, 0.29) is 13.2 Å². The maximum atomic E-state index is 12.6. The molecule has 2 aromatic carbocycles. The summed E-state index contributed by atoms with van der Waals surface area (Å²) >= 11 is 0. The smallest absolute Gasteiger partial charge is 0.408 e. The van der Waals surface area contributed by atoms with Crippen molar-refractivity contribution in [1.29, 1.82) is 0 Å². The fraction of sp³-hybridized carbons (Fsp3) is 0.333. The Bertz CT molecular complexity index is 803. The van der Waals surface area contributed by atoms with Gasteiger partial charge in [-0.3, -0.25) is 0 Å². The van der Waals surface area contributed by atoms with Gasteiger partial charge in [-0.2, -0.15) is 0 Å². The van der Waals surface area contributed by atoms with Crippen molar-refractivity contribution in [3.63, 3.8) is 0 Å². The van der Waals surface area contributed by atoms with Gasteiger partial charge in [0.25, 0.3) is 0 Å². The highest BCUT2D eigenvalue weighted by Gasteiger charge is 2.22. The third-order valence-electron chi connectivity index (χ3n) is 4.34. The summed E-state index contributed by atoms with van der Waals surface area (Å²) in [6.45, 7) is 1.54. The van der Waals surface area contributed by atoms with Gasteiger partial charge in [-0.15, -0.1) is 6.42 Å². The average Bonchev–Trinajstić information content (AvgIpc) is 2.79. The summed E-state index contributed by atoms with van der Waals surface area (Å²) in [6, 6.07) is 18.0. The Morgan fingerprint density at radius 1 is 0.900 bits per heavy atom. The van der Waals surface area contributed by atoms with E-state index in [9.17, 15) is 9.59 Å². The molecule has 0 spiro atoms. The summed E-state index contributed by atoms with van der Waals surface area (Å²) in [7, 11) is 0. The molecule has 0 aliphatic carbocycles. The molecule has 0 saturated carbocycles. The molecule has 0 heterocycles. The molecule has 6 heteroatoms. The summed E-state index contributed by atoms with van der Waals surface area (Å²) in [5.74, 6) is 2.03. The van der Waals surface area contributed by atoms with Gasteiger partial charge in [0, 0.05) is 0 Å². The Hall–Kier alpha value is -3.30. The molecule has 0 aromatic heterocycles. The van der Waals surface area contributed by atoms with Crippen molar-refractivity contribution in [2.24, 2.45) is 0 Å². The lowest BCUT2D eigenvalue weighted by molar-refractivity contribution is -0.147. The molecule has 2 N–H and O–H groups in total. The minimum Gasteiger partial charge on any atom is -0.459 e. The summed E-state index contributed by atoms with van der Waals surface area (Å²) in [5.41, 5.74) is 1.75. The van der Waals surface area contributed by atoms with Gasteiger partial charge in [-0.25, -0.2) is 9.59 Å². The van der Waals surface area contributed by atoms with Gasteiger partial charge in [-0.1, -0.05) is 66.6 Å². The Morgan fingerprint density at radius 2 is 1.50 bits per heavy atom. The van der Waals surface area contributed by atoms with Crippen LogP contribution < -0.4 is 10.6 Å². The van der Waals surface area contributed by atoms with Gasteiger partial charge < -0.3 is 20.1 Å². The average molecular weight is 408 g/mol. The van der Waals surface area contributed by atoms with Gasteiger partial charge in [-0.05, 0) is 36.9 Å². The zero-order valence-electron chi connectivity index (χ0n) is 17.0. The molecule has 2 aromatic rings. The number of amides is 1. The van der Waals surface area contributed by atoms with Crippen LogP contribution >= 0.6 is 0 Å². The Kier molecular flexibility index (Phi) is 10.6. The monoisotopic (exact) mass is 408 g/mol. The summed E-state index contributed by atoms with van der Waals surface area (Å²) in [4.78, 5) is 24.8. The predicted molar refractivity (Wildman–Crippen MR) is 115 cm³/mol. The number of carbonyl (C=O) groups is 2. The first-order chi connectivity index (χ1) is 14.7. The number of benzene rings is 2. The van der Waals surface area contributed by atoms with E-state index in [0.29, 0.717) is 13.0 Å². The minimum atomic E-state index is -0.774. The van der Waals surface area contributed by atoms with Crippen LogP contribution in [0.5, 0.6) is 0 Å². The molecule has 0 aliphatic rings. The highest BCUT2D eigenvalue weighted by molar-refractivity contribution is 5.81. The topological polar surface area (TPSA) is 76.7 Å². The third kappa shape index (κ3) is 9.26. The third-order valence-corrected chi connectivity index (χ3v) is 4.34. The van der Waals surface area contributed by atoms with Crippen LogP contribution in [0, 0.1) is 12.3 Å². The molecule has 158 valence electrons. The lowest BCUT2D eigenvalue weighted by Gasteiger charge is -2.18. The van der Waals surface area contributed by atoms with E-state index >= 15 is 0 Å². The largest absolute Gasteiger partial charge is 0.459 e. The number of unbranched alkanes of at least 4 members (excludes halogenated alkanes) is 1. The first-order valence-corrected chi connectivity index (χ1v) is 10.0. The molecule has 2 rings (SSSR count). The number of carbonyl (C=O) groups excluding carboxylic acids is 2. The fourth-order valence-corrected chi connectivity index (χ4v) is 2.74. The number of esters is 1. The lowest BCUT2D eigenvalue weighted by atomic mass is 10.1. The fourth-order valence-electron chi connectivity index (χ4n) is 2.74. The lowest BCUT2D eigenvalue weighted by Crippen LogP contribution is -2.42. The second-order valence-electron chi connectivity index (χ2n) is 6.73. The Balaban J connectivity index is 1.84. The normalized spacial score (nSPS) is 11.2.